The van der Waals surface area contributed by atoms with Gasteiger partial charge in [0, 0.05) is 0 Å². The minimum Gasteiger partial charge on any atom is -0.0882 e. The Morgan fingerprint density at radius 3 is 2.46 bits per heavy atom. The van der Waals surface area contributed by atoms with Crippen LogP contribution in [0.25, 0.3) is 0 Å². The summed E-state index contributed by atoms with van der Waals surface area (Å²) in [7, 11) is 0. The van der Waals surface area contributed by atoms with E-state index in [9.17, 15) is 0 Å². The predicted octanol–water partition coefficient (Wildman–Crippen LogP) is 3.98. The van der Waals surface area contributed by atoms with Gasteiger partial charge in [-0.1, -0.05) is 42.5 Å². The smallest absolute Gasteiger partial charge is 0.0166 e. The van der Waals surface area contributed by atoms with Crippen molar-refractivity contribution in [3.8, 4) is 0 Å². The van der Waals surface area contributed by atoms with Gasteiger partial charge in [-0.15, -0.1) is 0 Å². The fourth-order valence-electron chi connectivity index (χ4n) is 1.19. The van der Waals surface area contributed by atoms with Gasteiger partial charge in [-0.05, 0) is 38.2 Å². The molecule has 0 heteroatoms. The molecule has 0 nitrogen and oxygen atoms in total. The summed E-state index contributed by atoms with van der Waals surface area (Å²) in [4.78, 5) is 0. The number of hydrogen-bond donors (Lipinski definition) is 0. The Balaban J connectivity index is 2.38. The molecule has 0 aliphatic heterocycles. The maximum atomic E-state index is 3.16. The second-order valence-electron chi connectivity index (χ2n) is 3.12. The van der Waals surface area contributed by atoms with E-state index in [1.54, 1.807) is 0 Å². The molecular weight excluding hydrogens is 156 g/mol. The highest BCUT2D eigenvalue weighted by Crippen LogP contribution is 2.00. The van der Waals surface area contributed by atoms with Crippen LogP contribution >= 0.6 is 0 Å². The van der Waals surface area contributed by atoms with Crippen LogP contribution in [0.5, 0.6) is 0 Å². The van der Waals surface area contributed by atoms with Crippen LogP contribution in [0.15, 0.2) is 42.5 Å². The van der Waals surface area contributed by atoms with Gasteiger partial charge in [0.15, 0.2) is 0 Å². The van der Waals surface area contributed by atoms with Crippen molar-refractivity contribution in [3.05, 3.63) is 48.6 Å². The van der Waals surface area contributed by atoms with Gasteiger partial charge >= 0.3 is 0 Å². The van der Waals surface area contributed by atoms with E-state index < -0.39 is 0 Å². The molecule has 0 fully saturated rings. The van der Waals surface area contributed by atoms with Crippen molar-refractivity contribution >= 4 is 0 Å². The Bertz CT molecular complexity index is 216. The van der Waals surface area contributed by atoms with Gasteiger partial charge in [0.1, 0.15) is 0 Å². The Morgan fingerprint density at radius 1 is 0.769 bits per heavy atom. The molecule has 0 aromatic heterocycles. The summed E-state index contributed by atoms with van der Waals surface area (Å²) < 4.78 is 0. The minimum absolute atomic E-state index is 1.02. The molecule has 0 bridgehead atoms. The standard InChI is InChI=1S/C13H17/c1-2-4-6-8-10-12-13-11-9-7-5-3-1/h1-2,5-8,12H,3-4,9,11,13H2/b2-1+,7-5-,8-6+,12-10?. The van der Waals surface area contributed by atoms with Gasteiger partial charge in [-0.2, -0.15) is 0 Å². The summed E-state index contributed by atoms with van der Waals surface area (Å²) in [5.74, 6) is 0. The van der Waals surface area contributed by atoms with E-state index in [4.69, 9.17) is 0 Å². The van der Waals surface area contributed by atoms with E-state index in [0.717, 1.165) is 19.3 Å². The summed E-state index contributed by atoms with van der Waals surface area (Å²) in [5, 5.41) is 0. The van der Waals surface area contributed by atoms with Crippen LogP contribution in [-0.2, 0) is 0 Å². The normalized spacial score (nSPS) is 28.9. The van der Waals surface area contributed by atoms with E-state index >= 15 is 0 Å². The highest BCUT2D eigenvalue weighted by Gasteiger charge is 1.80. The van der Waals surface area contributed by atoms with E-state index in [-0.39, 0.29) is 0 Å². The molecule has 0 N–H and O–H groups in total. The van der Waals surface area contributed by atoms with Crippen molar-refractivity contribution in [3.63, 3.8) is 0 Å². The van der Waals surface area contributed by atoms with Crippen molar-refractivity contribution in [2.75, 3.05) is 0 Å². The monoisotopic (exact) mass is 173 g/mol. The highest BCUT2D eigenvalue weighted by atomic mass is 13.9. The Kier molecular flexibility index (Phi) is 5.87. The molecule has 0 heterocycles. The van der Waals surface area contributed by atoms with Gasteiger partial charge < -0.3 is 0 Å². The Labute approximate surface area is 81.4 Å². The zero-order valence-electron chi connectivity index (χ0n) is 8.08. The third-order valence-electron chi connectivity index (χ3n) is 1.93. The van der Waals surface area contributed by atoms with Gasteiger partial charge in [0.2, 0.25) is 0 Å². The quantitative estimate of drug-likeness (QED) is 0.486. The molecule has 13 heavy (non-hydrogen) atoms. The van der Waals surface area contributed by atoms with E-state index in [2.05, 4.69) is 42.5 Å². The first-order valence-corrected chi connectivity index (χ1v) is 5.03. The first kappa shape index (κ1) is 10.0. The van der Waals surface area contributed by atoms with Gasteiger partial charge in [0.25, 0.3) is 0 Å². The summed E-state index contributed by atoms with van der Waals surface area (Å²) in [5.41, 5.74) is 0. The summed E-state index contributed by atoms with van der Waals surface area (Å²) in [6, 6.07) is 0. The van der Waals surface area contributed by atoms with Crippen molar-refractivity contribution in [1.82, 2.24) is 0 Å². The first-order chi connectivity index (χ1) is 6.50. The number of hydrogen-bond acceptors (Lipinski definition) is 0. The van der Waals surface area contributed by atoms with E-state index in [1.807, 2.05) is 6.08 Å². The van der Waals surface area contributed by atoms with Crippen LogP contribution in [0.4, 0.5) is 0 Å². The molecular formula is C13H17. The Morgan fingerprint density at radius 2 is 1.54 bits per heavy atom. The minimum atomic E-state index is 1.02. The SMILES string of the molecule is [C]1=C/CCC/C=C\C/C=C/C/C=C/1. The molecule has 0 atom stereocenters. The van der Waals surface area contributed by atoms with Crippen molar-refractivity contribution < 1.29 is 0 Å². The molecule has 0 aromatic carbocycles. The van der Waals surface area contributed by atoms with Crippen molar-refractivity contribution in [2.24, 2.45) is 0 Å². The lowest BCUT2D eigenvalue weighted by atomic mass is 10.2. The number of allylic oxidation sites excluding steroid dienone is 8. The predicted molar refractivity (Wildman–Crippen MR) is 58.3 cm³/mol. The average molecular weight is 173 g/mol. The largest absolute Gasteiger partial charge is 0.0882 e. The molecule has 0 aromatic rings. The third-order valence-corrected chi connectivity index (χ3v) is 1.93. The van der Waals surface area contributed by atoms with Crippen LogP contribution in [0.1, 0.15) is 32.1 Å². The zero-order valence-corrected chi connectivity index (χ0v) is 8.08. The van der Waals surface area contributed by atoms with Crippen LogP contribution in [0, 0.1) is 6.08 Å². The lowest BCUT2D eigenvalue weighted by Gasteiger charge is -1.88. The third kappa shape index (κ3) is 6.15. The maximum absolute atomic E-state index is 3.16. The molecule has 1 aliphatic rings. The molecule has 0 spiro atoms. The number of rotatable bonds is 0. The van der Waals surface area contributed by atoms with Crippen molar-refractivity contribution in [1.29, 1.82) is 0 Å². The summed E-state index contributed by atoms with van der Waals surface area (Å²) in [6.45, 7) is 0. The fourth-order valence-corrected chi connectivity index (χ4v) is 1.19. The van der Waals surface area contributed by atoms with Gasteiger partial charge in [0.05, 0.1) is 0 Å². The molecule has 69 valence electrons. The molecule has 0 amide bonds. The lowest BCUT2D eigenvalue weighted by Crippen LogP contribution is -1.68. The van der Waals surface area contributed by atoms with Crippen LogP contribution in [0.2, 0.25) is 0 Å². The van der Waals surface area contributed by atoms with Crippen LogP contribution < -0.4 is 0 Å². The molecule has 0 unspecified atom stereocenters. The fraction of sp³-hybridized carbons (Fsp3) is 0.385. The zero-order chi connectivity index (χ0) is 9.19. The maximum Gasteiger partial charge on any atom is -0.0166 e. The Hall–Kier alpha value is -1.04. The van der Waals surface area contributed by atoms with Crippen LogP contribution in [-0.4, -0.2) is 0 Å². The summed E-state index contributed by atoms with van der Waals surface area (Å²) >= 11 is 0. The molecule has 0 saturated heterocycles. The first-order valence-electron chi connectivity index (χ1n) is 5.03. The second kappa shape index (κ2) is 7.60. The topological polar surface area (TPSA) is 0 Å². The van der Waals surface area contributed by atoms with Crippen molar-refractivity contribution in [2.45, 2.75) is 32.1 Å². The van der Waals surface area contributed by atoms with Crippen LogP contribution in [0.3, 0.4) is 0 Å². The molecule has 1 rings (SSSR count). The van der Waals surface area contributed by atoms with Gasteiger partial charge in [-0.3, -0.25) is 0 Å². The molecule has 1 radical (unpaired) electrons. The van der Waals surface area contributed by atoms with Gasteiger partial charge in [-0.25, -0.2) is 0 Å². The highest BCUT2D eigenvalue weighted by molar-refractivity contribution is 5.01. The molecule has 1 aliphatic carbocycles. The second-order valence-corrected chi connectivity index (χ2v) is 3.12. The lowest BCUT2D eigenvalue weighted by molar-refractivity contribution is 0.865. The average Bonchev–Trinajstić information content (AvgIpc) is 2.18. The van der Waals surface area contributed by atoms with E-state index in [1.165, 1.54) is 12.8 Å². The van der Waals surface area contributed by atoms with E-state index in [0.29, 0.717) is 0 Å². The molecule has 0 saturated carbocycles. The summed E-state index contributed by atoms with van der Waals surface area (Å²) in [6.07, 6.45) is 24.0.